The molecular weight excluding hydrogens is 272 g/mol. The molecule has 1 aromatic heterocycles. The first kappa shape index (κ1) is 15.7. The van der Waals surface area contributed by atoms with Gasteiger partial charge in [0, 0.05) is 6.54 Å². The molecule has 1 aliphatic heterocycles. The van der Waals surface area contributed by atoms with Gasteiger partial charge in [-0.1, -0.05) is 12.8 Å². The van der Waals surface area contributed by atoms with Gasteiger partial charge >= 0.3 is 6.01 Å². The van der Waals surface area contributed by atoms with E-state index in [9.17, 15) is 5.11 Å². The highest BCUT2D eigenvalue weighted by molar-refractivity contribution is 5.39. The largest absolute Gasteiger partial charge is 0.461 e. The fourth-order valence-corrected chi connectivity index (χ4v) is 2.43. The number of anilines is 2. The lowest BCUT2D eigenvalue weighted by Crippen LogP contribution is -2.39. The fraction of sp³-hybridized carbons (Fsp3) is 0.769. The minimum atomic E-state index is -0.0383. The van der Waals surface area contributed by atoms with E-state index in [0.29, 0.717) is 5.95 Å². The van der Waals surface area contributed by atoms with Crippen molar-refractivity contribution in [3.63, 3.8) is 0 Å². The van der Waals surface area contributed by atoms with E-state index >= 15 is 0 Å². The van der Waals surface area contributed by atoms with Gasteiger partial charge in [-0.3, -0.25) is 5.43 Å². The van der Waals surface area contributed by atoms with Crippen molar-refractivity contribution >= 4 is 11.9 Å². The van der Waals surface area contributed by atoms with Crippen molar-refractivity contribution in [2.24, 2.45) is 5.84 Å². The maximum absolute atomic E-state index is 9.60. The number of rotatable bonds is 5. The first-order valence-corrected chi connectivity index (χ1v) is 7.41. The van der Waals surface area contributed by atoms with E-state index in [0.717, 1.165) is 32.2 Å². The topological polar surface area (TPSA) is 109 Å². The van der Waals surface area contributed by atoms with Crippen LogP contribution in [0.2, 0.25) is 0 Å². The summed E-state index contributed by atoms with van der Waals surface area (Å²) >= 11 is 0. The lowest BCUT2D eigenvalue weighted by atomic mass is 10.1. The molecule has 2 rings (SSSR count). The molecule has 0 aliphatic carbocycles. The van der Waals surface area contributed by atoms with Crippen LogP contribution in [0, 0.1) is 0 Å². The molecule has 1 fully saturated rings. The van der Waals surface area contributed by atoms with Gasteiger partial charge in [-0.05, 0) is 26.7 Å². The van der Waals surface area contributed by atoms with E-state index in [4.69, 9.17) is 10.6 Å². The molecular formula is C13H24N6O2. The van der Waals surface area contributed by atoms with Crippen molar-refractivity contribution in [1.82, 2.24) is 15.0 Å². The molecule has 1 saturated heterocycles. The van der Waals surface area contributed by atoms with Gasteiger partial charge in [-0.2, -0.15) is 15.0 Å². The fourth-order valence-electron chi connectivity index (χ4n) is 2.43. The summed E-state index contributed by atoms with van der Waals surface area (Å²) in [6.07, 6.45) is 4.19. The van der Waals surface area contributed by atoms with Crippen molar-refractivity contribution < 1.29 is 9.84 Å². The summed E-state index contributed by atoms with van der Waals surface area (Å²) in [5.74, 6) is 6.18. The molecule has 0 amide bonds. The number of hydrogen-bond donors (Lipinski definition) is 3. The molecule has 8 heteroatoms. The average molecular weight is 296 g/mol. The normalized spacial score (nSPS) is 19.5. The highest BCUT2D eigenvalue weighted by Gasteiger charge is 2.24. The molecule has 1 aliphatic rings. The first-order valence-electron chi connectivity index (χ1n) is 7.41. The molecule has 1 unspecified atom stereocenters. The van der Waals surface area contributed by atoms with Crippen LogP contribution in [0.5, 0.6) is 6.01 Å². The van der Waals surface area contributed by atoms with Gasteiger partial charge in [-0.25, -0.2) is 5.84 Å². The Bertz CT molecular complexity index is 456. The zero-order valence-electron chi connectivity index (χ0n) is 12.6. The molecule has 1 aromatic rings. The monoisotopic (exact) mass is 296 g/mol. The summed E-state index contributed by atoms with van der Waals surface area (Å²) in [5.41, 5.74) is 2.44. The van der Waals surface area contributed by atoms with Crippen molar-refractivity contribution in [2.75, 3.05) is 23.5 Å². The number of nitrogens with one attached hydrogen (secondary N) is 1. The Balaban J connectivity index is 2.30. The molecule has 8 nitrogen and oxygen atoms in total. The zero-order chi connectivity index (χ0) is 15.2. The summed E-state index contributed by atoms with van der Waals surface area (Å²) in [6.45, 7) is 4.70. The van der Waals surface area contributed by atoms with Gasteiger partial charge in [-0.15, -0.1) is 0 Å². The standard InChI is InChI=1S/C13H24N6O2/c1-9(2)21-13-16-11(18-14)15-12(17-13)19-7-5-3-4-6-10(19)8-20/h9-10,20H,3-8,14H2,1-2H3,(H,15,16,17,18). The van der Waals surface area contributed by atoms with Crippen molar-refractivity contribution in [3.8, 4) is 6.01 Å². The molecule has 0 saturated carbocycles. The average Bonchev–Trinajstić information content (AvgIpc) is 2.71. The van der Waals surface area contributed by atoms with Crippen LogP contribution in [0.15, 0.2) is 0 Å². The summed E-state index contributed by atoms with van der Waals surface area (Å²) in [6, 6.07) is 0.260. The molecule has 21 heavy (non-hydrogen) atoms. The minimum Gasteiger partial charge on any atom is -0.461 e. The Morgan fingerprint density at radius 2 is 2.14 bits per heavy atom. The third kappa shape index (κ3) is 4.15. The molecule has 0 radical (unpaired) electrons. The Morgan fingerprint density at radius 3 is 2.81 bits per heavy atom. The van der Waals surface area contributed by atoms with Crippen molar-refractivity contribution in [1.29, 1.82) is 0 Å². The third-order valence-corrected chi connectivity index (χ3v) is 3.42. The molecule has 0 aromatic carbocycles. The number of ether oxygens (including phenoxy) is 1. The highest BCUT2D eigenvalue weighted by Crippen LogP contribution is 2.23. The zero-order valence-corrected chi connectivity index (χ0v) is 12.6. The molecule has 118 valence electrons. The first-order chi connectivity index (χ1) is 10.1. The summed E-state index contributed by atoms with van der Waals surface area (Å²) in [4.78, 5) is 14.8. The summed E-state index contributed by atoms with van der Waals surface area (Å²) in [5, 5.41) is 9.60. The molecule has 4 N–H and O–H groups in total. The number of nitrogens with zero attached hydrogens (tertiary/aromatic N) is 4. The van der Waals surface area contributed by atoms with Gasteiger partial charge in [0.15, 0.2) is 0 Å². The SMILES string of the molecule is CC(C)Oc1nc(NN)nc(N2CCCCCC2CO)n1. The van der Waals surface area contributed by atoms with Crippen LogP contribution in [0.3, 0.4) is 0 Å². The van der Waals surface area contributed by atoms with Crippen LogP contribution in [0.1, 0.15) is 39.5 Å². The van der Waals surface area contributed by atoms with E-state index in [1.807, 2.05) is 18.7 Å². The Labute approximate surface area is 124 Å². The van der Waals surface area contributed by atoms with Crippen LogP contribution in [-0.2, 0) is 0 Å². The van der Waals surface area contributed by atoms with Crippen LogP contribution in [0.25, 0.3) is 0 Å². The predicted molar refractivity (Wildman–Crippen MR) is 80.1 cm³/mol. The highest BCUT2D eigenvalue weighted by atomic mass is 16.5. The van der Waals surface area contributed by atoms with Crippen LogP contribution in [0.4, 0.5) is 11.9 Å². The van der Waals surface area contributed by atoms with Gasteiger partial charge < -0.3 is 14.7 Å². The van der Waals surface area contributed by atoms with Crippen molar-refractivity contribution in [3.05, 3.63) is 0 Å². The Hall–Kier alpha value is -1.67. The Kier molecular flexibility index (Phi) is 5.51. The van der Waals surface area contributed by atoms with E-state index in [1.165, 1.54) is 0 Å². The second-order valence-corrected chi connectivity index (χ2v) is 5.43. The maximum atomic E-state index is 9.60. The second kappa shape index (κ2) is 7.37. The smallest absolute Gasteiger partial charge is 0.323 e. The second-order valence-electron chi connectivity index (χ2n) is 5.43. The molecule has 0 spiro atoms. The lowest BCUT2D eigenvalue weighted by Gasteiger charge is -2.28. The number of hydrazine groups is 1. The molecule has 0 bridgehead atoms. The number of nitrogens with two attached hydrogens (primary N) is 1. The predicted octanol–water partition coefficient (Wildman–Crippen LogP) is 0.686. The lowest BCUT2D eigenvalue weighted by molar-refractivity contribution is 0.221. The van der Waals surface area contributed by atoms with E-state index in [1.54, 1.807) is 0 Å². The van der Waals surface area contributed by atoms with Crippen LogP contribution in [-0.4, -0.2) is 45.4 Å². The molecule has 1 atom stereocenters. The number of nitrogen functional groups attached to an aromatic ring is 1. The van der Waals surface area contributed by atoms with Gasteiger partial charge in [0.1, 0.15) is 0 Å². The summed E-state index contributed by atoms with van der Waals surface area (Å²) in [7, 11) is 0. The number of hydrogen-bond acceptors (Lipinski definition) is 8. The Morgan fingerprint density at radius 1 is 1.33 bits per heavy atom. The number of aliphatic hydroxyl groups is 1. The van der Waals surface area contributed by atoms with Crippen LogP contribution < -0.4 is 20.9 Å². The number of aliphatic hydroxyl groups excluding tert-OH is 1. The van der Waals surface area contributed by atoms with E-state index in [2.05, 4.69) is 20.4 Å². The quantitative estimate of drug-likeness (QED) is 0.538. The third-order valence-electron chi connectivity index (χ3n) is 3.42. The van der Waals surface area contributed by atoms with Crippen LogP contribution >= 0.6 is 0 Å². The summed E-state index contributed by atoms with van der Waals surface area (Å²) < 4.78 is 5.54. The van der Waals surface area contributed by atoms with E-state index < -0.39 is 0 Å². The van der Waals surface area contributed by atoms with Gasteiger partial charge in [0.05, 0.1) is 18.8 Å². The van der Waals surface area contributed by atoms with Gasteiger partial charge in [0.25, 0.3) is 0 Å². The van der Waals surface area contributed by atoms with E-state index in [-0.39, 0.29) is 30.7 Å². The minimum absolute atomic E-state index is 0.0208. The molecule has 2 heterocycles. The maximum Gasteiger partial charge on any atom is 0.323 e. The number of aromatic nitrogens is 3. The van der Waals surface area contributed by atoms with Gasteiger partial charge in [0.2, 0.25) is 11.9 Å². The van der Waals surface area contributed by atoms with Crippen molar-refractivity contribution in [2.45, 2.75) is 51.7 Å².